The molecule has 2 saturated heterocycles. The first-order chi connectivity index (χ1) is 20.3. The Labute approximate surface area is 252 Å². The van der Waals surface area contributed by atoms with Crippen LogP contribution in [-0.2, 0) is 24.1 Å². The molecule has 0 N–H and O–H groups in total. The number of benzene rings is 1. The van der Waals surface area contributed by atoms with Gasteiger partial charge in [0.1, 0.15) is 18.1 Å². The van der Waals surface area contributed by atoms with Crippen LogP contribution in [0.1, 0.15) is 59.3 Å². The Morgan fingerprint density at radius 1 is 1.21 bits per heavy atom. The molecule has 4 aliphatic rings. The lowest BCUT2D eigenvalue weighted by Crippen LogP contribution is -2.55. The number of halogens is 1. The van der Waals surface area contributed by atoms with Gasteiger partial charge in [-0.15, -0.1) is 0 Å². The van der Waals surface area contributed by atoms with Crippen molar-refractivity contribution >= 4 is 29.1 Å². The Balaban J connectivity index is 1.35. The Morgan fingerprint density at radius 2 is 2.02 bits per heavy atom. The van der Waals surface area contributed by atoms with Crippen LogP contribution in [0.25, 0.3) is 0 Å². The highest BCUT2D eigenvalue weighted by Crippen LogP contribution is 2.47. The number of anilines is 1. The van der Waals surface area contributed by atoms with E-state index in [1.807, 2.05) is 12.1 Å². The first-order valence-electron chi connectivity index (χ1n) is 14.9. The molecule has 2 unspecified atom stereocenters. The molecule has 6 rings (SSSR count). The molecule has 1 aromatic carbocycles. The molecule has 10 heteroatoms. The van der Waals surface area contributed by atoms with Crippen molar-refractivity contribution in [3.05, 3.63) is 58.3 Å². The van der Waals surface area contributed by atoms with Gasteiger partial charge in [-0.1, -0.05) is 30.3 Å². The minimum absolute atomic E-state index is 0.0508. The number of hydrogen-bond acceptors (Lipinski definition) is 8. The first-order valence-corrected chi connectivity index (χ1v) is 15.3. The second-order valence-electron chi connectivity index (χ2n) is 12.1. The molecule has 1 spiro atoms. The average molecular weight is 589 g/mol. The molecular formula is C32H37ClN6O3. The largest absolute Gasteiger partial charge is 0.462 e. The maximum atomic E-state index is 14.4. The lowest BCUT2D eigenvalue weighted by molar-refractivity contribution is -0.128. The number of carbonyl (C=O) groups excluding carboxylic acids is 2. The van der Waals surface area contributed by atoms with Crippen molar-refractivity contribution in [2.75, 3.05) is 44.7 Å². The molecule has 1 amide bonds. The predicted molar refractivity (Wildman–Crippen MR) is 160 cm³/mol. The van der Waals surface area contributed by atoms with E-state index in [9.17, 15) is 14.9 Å². The van der Waals surface area contributed by atoms with Gasteiger partial charge in [0.05, 0.1) is 18.5 Å². The van der Waals surface area contributed by atoms with E-state index in [4.69, 9.17) is 26.3 Å². The van der Waals surface area contributed by atoms with Gasteiger partial charge in [0.2, 0.25) is 5.91 Å². The van der Waals surface area contributed by atoms with Crippen molar-refractivity contribution in [2.45, 2.75) is 63.5 Å². The number of carbonyl (C=O) groups is 2. The number of likely N-dealkylation sites (tertiary alicyclic amines) is 1. The molecule has 3 atom stereocenters. The van der Waals surface area contributed by atoms with E-state index in [1.54, 1.807) is 4.90 Å². The smallest absolute Gasteiger partial charge is 0.319 e. The van der Waals surface area contributed by atoms with Gasteiger partial charge < -0.3 is 19.4 Å². The molecule has 0 saturated carbocycles. The second-order valence-corrected chi connectivity index (χ2v) is 12.5. The Morgan fingerprint density at radius 3 is 2.76 bits per heavy atom. The molecule has 2 aliphatic carbocycles. The molecule has 0 bridgehead atoms. The maximum absolute atomic E-state index is 14.4. The van der Waals surface area contributed by atoms with Crippen molar-refractivity contribution in [1.29, 1.82) is 5.26 Å². The molecule has 2 aliphatic heterocycles. The standard InChI is InChI=1S/C32H37ClN6O3/c1-3-27(40)39-17-16-38(19-22(39)11-14-34)30-25-10-13-32(12-9-24-21(18-32)6-4-8-26(24)33)29(41)28(25)35-31(36-30)42-20-23-7-5-15-37(23)2/h3-4,6,8,22-23H,1,5,7,9-13,15-20H2,2H3/t22?,23?,32-/m1/s1. The predicted octanol–water partition coefficient (Wildman–Crippen LogP) is 4.02. The van der Waals surface area contributed by atoms with Crippen LogP contribution in [0.4, 0.5) is 5.82 Å². The van der Waals surface area contributed by atoms with Crippen molar-refractivity contribution in [1.82, 2.24) is 19.8 Å². The SMILES string of the molecule is C=CC(=O)N1CCN(c2nc(OCC3CCCN3C)nc3c2CC[C@@]2(CCc4c(Cl)cccc4C2)C3=O)CC1CC#N. The molecule has 220 valence electrons. The number of fused-ring (bicyclic) bond motifs is 2. The summed E-state index contributed by atoms with van der Waals surface area (Å²) in [6.45, 7) is 6.53. The van der Waals surface area contributed by atoms with Gasteiger partial charge in [0.15, 0.2) is 5.78 Å². The highest BCUT2D eigenvalue weighted by Gasteiger charge is 2.47. The third kappa shape index (κ3) is 5.16. The summed E-state index contributed by atoms with van der Waals surface area (Å²) in [6.07, 6.45) is 7.21. The van der Waals surface area contributed by atoms with Crippen molar-refractivity contribution in [3.63, 3.8) is 0 Å². The molecule has 2 fully saturated rings. The van der Waals surface area contributed by atoms with Crippen molar-refractivity contribution in [2.24, 2.45) is 5.41 Å². The number of amides is 1. The fourth-order valence-electron chi connectivity index (χ4n) is 7.29. The number of Topliss-reactive ketones (excluding diaryl/α,β-unsaturated/α-hetero) is 1. The van der Waals surface area contributed by atoms with E-state index < -0.39 is 5.41 Å². The van der Waals surface area contributed by atoms with Crippen LogP contribution >= 0.6 is 11.6 Å². The molecule has 3 heterocycles. The van der Waals surface area contributed by atoms with E-state index in [1.165, 1.54) is 6.08 Å². The lowest BCUT2D eigenvalue weighted by atomic mass is 9.63. The second kappa shape index (κ2) is 11.7. The zero-order chi connectivity index (χ0) is 29.4. The van der Waals surface area contributed by atoms with Gasteiger partial charge in [-0.2, -0.15) is 15.2 Å². The number of rotatable bonds is 6. The minimum Gasteiger partial charge on any atom is -0.462 e. The van der Waals surface area contributed by atoms with E-state index in [-0.39, 0.29) is 36.2 Å². The number of likely N-dealkylation sites (N-methyl/N-ethyl adjacent to an activating group) is 1. The zero-order valence-electron chi connectivity index (χ0n) is 24.1. The summed E-state index contributed by atoms with van der Waals surface area (Å²) in [7, 11) is 2.10. The van der Waals surface area contributed by atoms with E-state index >= 15 is 0 Å². The lowest BCUT2D eigenvalue weighted by Gasteiger charge is -2.43. The van der Waals surface area contributed by atoms with Crippen molar-refractivity contribution in [3.8, 4) is 12.1 Å². The number of nitrogens with zero attached hydrogens (tertiary/aromatic N) is 6. The van der Waals surface area contributed by atoms with Gasteiger partial charge in [-0.05, 0) is 81.8 Å². The number of ketones is 1. The monoisotopic (exact) mass is 588 g/mol. The Hall–Kier alpha value is -3.48. The fraction of sp³-hybridized carbons (Fsp3) is 0.531. The van der Waals surface area contributed by atoms with Crippen LogP contribution in [0, 0.1) is 16.7 Å². The third-order valence-corrected chi connectivity index (χ3v) is 10.1. The first kappa shape index (κ1) is 28.6. The molecule has 0 radical (unpaired) electrons. The van der Waals surface area contributed by atoms with Crippen LogP contribution in [0.5, 0.6) is 6.01 Å². The van der Waals surface area contributed by atoms with Crippen LogP contribution in [0.15, 0.2) is 30.9 Å². The van der Waals surface area contributed by atoms with Gasteiger partial charge in [-0.25, -0.2) is 0 Å². The number of hydrogen-bond donors (Lipinski definition) is 0. The molecule has 2 aromatic rings. The Kier molecular flexibility index (Phi) is 7.95. The quantitative estimate of drug-likeness (QED) is 0.466. The fourth-order valence-corrected chi connectivity index (χ4v) is 7.58. The summed E-state index contributed by atoms with van der Waals surface area (Å²) in [5, 5.41) is 10.3. The van der Waals surface area contributed by atoms with Gasteiger partial charge in [0.25, 0.3) is 0 Å². The molecule has 1 aromatic heterocycles. The van der Waals surface area contributed by atoms with Crippen LogP contribution < -0.4 is 9.64 Å². The molecule has 42 heavy (non-hydrogen) atoms. The van der Waals surface area contributed by atoms with Gasteiger partial charge >= 0.3 is 6.01 Å². The number of piperazine rings is 1. The van der Waals surface area contributed by atoms with Crippen LogP contribution in [0.3, 0.4) is 0 Å². The summed E-state index contributed by atoms with van der Waals surface area (Å²) in [5.41, 5.74) is 3.05. The highest BCUT2D eigenvalue weighted by atomic mass is 35.5. The van der Waals surface area contributed by atoms with E-state index in [2.05, 4.69) is 35.6 Å². The third-order valence-electron chi connectivity index (χ3n) is 9.76. The molecular weight excluding hydrogens is 552 g/mol. The highest BCUT2D eigenvalue weighted by molar-refractivity contribution is 6.31. The zero-order valence-corrected chi connectivity index (χ0v) is 24.9. The topological polar surface area (TPSA) is 103 Å². The number of aromatic nitrogens is 2. The normalized spacial score (nSPS) is 25.6. The Bertz CT molecular complexity index is 1460. The number of nitriles is 1. The summed E-state index contributed by atoms with van der Waals surface area (Å²) in [6, 6.07) is 8.39. The average Bonchev–Trinajstić information content (AvgIpc) is 3.42. The van der Waals surface area contributed by atoms with E-state index in [0.29, 0.717) is 57.0 Å². The van der Waals surface area contributed by atoms with Crippen LogP contribution in [-0.4, -0.2) is 83.4 Å². The summed E-state index contributed by atoms with van der Waals surface area (Å²) >= 11 is 6.51. The van der Waals surface area contributed by atoms with Crippen molar-refractivity contribution < 1.29 is 14.3 Å². The summed E-state index contributed by atoms with van der Waals surface area (Å²) in [5.74, 6) is 0.555. The molecule has 9 nitrogen and oxygen atoms in total. The minimum atomic E-state index is -0.530. The maximum Gasteiger partial charge on any atom is 0.319 e. The van der Waals surface area contributed by atoms with Gasteiger partial charge in [0, 0.05) is 41.7 Å². The van der Waals surface area contributed by atoms with Crippen LogP contribution in [0.2, 0.25) is 5.02 Å². The van der Waals surface area contributed by atoms with E-state index in [0.717, 1.165) is 53.9 Å². The van der Waals surface area contributed by atoms with Gasteiger partial charge in [-0.3, -0.25) is 9.59 Å². The summed E-state index contributed by atoms with van der Waals surface area (Å²) in [4.78, 5) is 42.7. The summed E-state index contributed by atoms with van der Waals surface area (Å²) < 4.78 is 6.21. The number of ether oxygens (including phenoxy) is 1.